The van der Waals surface area contributed by atoms with Gasteiger partial charge in [-0.25, -0.2) is 5.48 Å². The minimum Gasteiger partial charge on any atom is -0.370 e. The summed E-state index contributed by atoms with van der Waals surface area (Å²) in [6.45, 7) is 1.51. The summed E-state index contributed by atoms with van der Waals surface area (Å²) in [5.41, 5.74) is -1.39. The molecule has 2 N–H and O–H groups in total. The molecule has 0 bridgehead atoms. The monoisotopic (exact) mass is 540 g/mol. The van der Waals surface area contributed by atoms with Crippen LogP contribution in [0.2, 0.25) is 0 Å². The van der Waals surface area contributed by atoms with Gasteiger partial charge in [-0.2, -0.15) is 26.3 Å². The highest BCUT2D eigenvalue weighted by Gasteiger charge is 2.38. The van der Waals surface area contributed by atoms with Crippen molar-refractivity contribution >= 4 is 17.5 Å². The van der Waals surface area contributed by atoms with Crippen molar-refractivity contribution in [3.63, 3.8) is 0 Å². The van der Waals surface area contributed by atoms with Gasteiger partial charge < -0.3 is 10.1 Å². The standard InChI is InChI=1S/C26H22F6N2O4/c1-16(37-15-17-8-4-2-5-9-17)22(24(36)33-21-10-6-3-7-11-21)38-34-23(35)18-12-19(25(27,28)29)14-20(13-18)26(30,31)32/h2-14,16,22H,15H2,1H3,(H,33,36)(H,34,35). The smallest absolute Gasteiger partial charge is 0.370 e. The van der Waals surface area contributed by atoms with Gasteiger partial charge in [0.25, 0.3) is 11.8 Å². The van der Waals surface area contributed by atoms with Crippen molar-refractivity contribution in [2.45, 2.75) is 38.1 Å². The first kappa shape index (κ1) is 28.7. The molecule has 0 aliphatic carbocycles. The fourth-order valence-corrected chi connectivity index (χ4v) is 3.25. The number of ether oxygens (including phenoxy) is 1. The Labute approximate surface area is 213 Å². The molecular weight excluding hydrogens is 518 g/mol. The molecule has 0 fully saturated rings. The number of hydroxylamine groups is 1. The SMILES string of the molecule is CC(OCc1ccccc1)C(ONC(=O)c1cc(C(F)(F)F)cc(C(F)(F)F)c1)C(=O)Nc1ccccc1. The normalized spacial score (nSPS) is 13.4. The second-order valence-corrected chi connectivity index (χ2v) is 8.12. The van der Waals surface area contributed by atoms with Crippen LogP contribution in [0.5, 0.6) is 0 Å². The summed E-state index contributed by atoms with van der Waals surface area (Å²) in [5.74, 6) is -2.20. The maximum absolute atomic E-state index is 13.2. The Morgan fingerprint density at radius 2 is 1.34 bits per heavy atom. The van der Waals surface area contributed by atoms with Crippen LogP contribution < -0.4 is 10.8 Å². The van der Waals surface area contributed by atoms with Crippen LogP contribution in [-0.2, 0) is 33.3 Å². The van der Waals surface area contributed by atoms with Gasteiger partial charge in [-0.3, -0.25) is 14.4 Å². The summed E-state index contributed by atoms with van der Waals surface area (Å²) in [6, 6.07) is 17.4. The molecule has 0 heterocycles. The number of anilines is 1. The van der Waals surface area contributed by atoms with Gasteiger partial charge in [-0.05, 0) is 42.8 Å². The summed E-state index contributed by atoms with van der Waals surface area (Å²) in [5, 5.41) is 2.55. The first-order valence-corrected chi connectivity index (χ1v) is 11.1. The first-order chi connectivity index (χ1) is 17.8. The molecule has 2 atom stereocenters. The maximum Gasteiger partial charge on any atom is 0.416 e. The first-order valence-electron chi connectivity index (χ1n) is 11.1. The Morgan fingerprint density at radius 3 is 1.87 bits per heavy atom. The fourth-order valence-electron chi connectivity index (χ4n) is 3.25. The number of hydrogen-bond acceptors (Lipinski definition) is 4. The van der Waals surface area contributed by atoms with E-state index in [1.165, 1.54) is 6.92 Å². The zero-order valence-corrected chi connectivity index (χ0v) is 19.8. The van der Waals surface area contributed by atoms with Crippen molar-refractivity contribution in [1.29, 1.82) is 0 Å². The molecule has 6 nitrogen and oxygen atoms in total. The van der Waals surface area contributed by atoms with E-state index >= 15 is 0 Å². The summed E-state index contributed by atoms with van der Waals surface area (Å²) in [4.78, 5) is 30.7. The number of alkyl halides is 6. The molecule has 0 saturated heterocycles. The van der Waals surface area contributed by atoms with Crippen molar-refractivity contribution in [3.8, 4) is 0 Å². The van der Waals surface area contributed by atoms with E-state index in [0.29, 0.717) is 5.69 Å². The number of hydrogen-bond donors (Lipinski definition) is 2. The Kier molecular flexibility index (Phi) is 9.13. The van der Waals surface area contributed by atoms with Crippen molar-refractivity contribution in [2.75, 3.05) is 5.32 Å². The number of amides is 2. The van der Waals surface area contributed by atoms with E-state index < -0.39 is 53.1 Å². The van der Waals surface area contributed by atoms with Crippen molar-refractivity contribution in [2.24, 2.45) is 0 Å². The van der Waals surface area contributed by atoms with E-state index in [-0.39, 0.29) is 24.8 Å². The second-order valence-electron chi connectivity index (χ2n) is 8.12. The maximum atomic E-state index is 13.2. The van der Waals surface area contributed by atoms with Crippen LogP contribution in [0, 0.1) is 0 Å². The molecule has 0 aliphatic heterocycles. The van der Waals surface area contributed by atoms with Crippen LogP contribution in [0.4, 0.5) is 32.0 Å². The third-order valence-corrected chi connectivity index (χ3v) is 5.21. The van der Waals surface area contributed by atoms with Crippen LogP contribution in [0.15, 0.2) is 78.9 Å². The number of carbonyl (C=O) groups is 2. The Bertz CT molecular complexity index is 1200. The van der Waals surface area contributed by atoms with E-state index in [1.807, 2.05) is 0 Å². The third kappa shape index (κ3) is 8.05. The van der Waals surface area contributed by atoms with E-state index in [0.717, 1.165) is 5.56 Å². The van der Waals surface area contributed by atoms with Gasteiger partial charge >= 0.3 is 12.4 Å². The molecule has 0 radical (unpaired) electrons. The Balaban J connectivity index is 1.80. The minimum absolute atomic E-state index is 0.0526. The lowest BCUT2D eigenvalue weighted by Crippen LogP contribution is -2.45. The van der Waals surface area contributed by atoms with Gasteiger partial charge in [0, 0.05) is 11.3 Å². The lowest BCUT2D eigenvalue weighted by Gasteiger charge is -2.24. The van der Waals surface area contributed by atoms with Gasteiger partial charge in [0.1, 0.15) is 0 Å². The summed E-state index contributed by atoms with van der Waals surface area (Å²) in [6.07, 6.45) is -12.8. The van der Waals surface area contributed by atoms with Crippen molar-refractivity contribution in [3.05, 3.63) is 101 Å². The molecule has 0 spiro atoms. The molecular formula is C26H22F6N2O4. The second kappa shape index (κ2) is 12.1. The summed E-state index contributed by atoms with van der Waals surface area (Å²) >= 11 is 0. The van der Waals surface area contributed by atoms with Gasteiger partial charge in [0.05, 0.1) is 23.8 Å². The lowest BCUT2D eigenvalue weighted by molar-refractivity contribution is -0.145. The van der Waals surface area contributed by atoms with E-state index in [4.69, 9.17) is 9.57 Å². The Hall–Kier alpha value is -3.90. The number of nitrogens with one attached hydrogen (secondary N) is 2. The highest BCUT2D eigenvalue weighted by molar-refractivity contribution is 5.96. The number of benzene rings is 3. The average molecular weight is 540 g/mol. The predicted molar refractivity (Wildman–Crippen MR) is 125 cm³/mol. The van der Waals surface area contributed by atoms with Gasteiger partial charge in [0.2, 0.25) is 0 Å². The highest BCUT2D eigenvalue weighted by atomic mass is 19.4. The molecule has 0 aromatic heterocycles. The van der Waals surface area contributed by atoms with Crippen LogP contribution in [0.1, 0.15) is 34.0 Å². The highest BCUT2D eigenvalue weighted by Crippen LogP contribution is 2.36. The largest absolute Gasteiger partial charge is 0.416 e. The molecule has 3 rings (SSSR count). The van der Waals surface area contributed by atoms with Gasteiger partial charge in [-0.15, -0.1) is 0 Å². The van der Waals surface area contributed by atoms with E-state index in [2.05, 4.69) is 5.32 Å². The van der Waals surface area contributed by atoms with Crippen LogP contribution >= 0.6 is 0 Å². The average Bonchev–Trinajstić information content (AvgIpc) is 2.87. The van der Waals surface area contributed by atoms with E-state index in [9.17, 15) is 35.9 Å². The fraction of sp³-hybridized carbons (Fsp3) is 0.231. The zero-order chi connectivity index (χ0) is 27.9. The van der Waals surface area contributed by atoms with Gasteiger partial charge in [-0.1, -0.05) is 48.5 Å². The number of halogens is 6. The number of rotatable bonds is 9. The molecule has 2 amide bonds. The van der Waals surface area contributed by atoms with Crippen LogP contribution in [0.25, 0.3) is 0 Å². The number of carbonyl (C=O) groups excluding carboxylic acids is 2. The van der Waals surface area contributed by atoms with E-state index in [1.54, 1.807) is 66.1 Å². The lowest BCUT2D eigenvalue weighted by atomic mass is 10.0. The Morgan fingerprint density at radius 1 is 0.816 bits per heavy atom. The molecule has 3 aromatic carbocycles. The summed E-state index contributed by atoms with van der Waals surface area (Å²) in [7, 11) is 0. The van der Waals surface area contributed by atoms with Crippen molar-refractivity contribution in [1.82, 2.24) is 5.48 Å². The van der Waals surface area contributed by atoms with Crippen LogP contribution in [-0.4, -0.2) is 24.0 Å². The molecule has 0 aliphatic rings. The third-order valence-electron chi connectivity index (χ3n) is 5.21. The predicted octanol–water partition coefficient (Wildman–Crippen LogP) is 6.00. The molecule has 12 heteroatoms. The minimum atomic E-state index is -5.14. The van der Waals surface area contributed by atoms with Crippen molar-refractivity contribution < 1.29 is 45.5 Å². The zero-order valence-electron chi connectivity index (χ0n) is 19.8. The molecule has 202 valence electrons. The number of para-hydroxylation sites is 1. The molecule has 0 saturated carbocycles. The topological polar surface area (TPSA) is 76.7 Å². The molecule has 38 heavy (non-hydrogen) atoms. The van der Waals surface area contributed by atoms with Crippen LogP contribution in [0.3, 0.4) is 0 Å². The quantitative estimate of drug-likeness (QED) is 0.258. The van der Waals surface area contributed by atoms with Gasteiger partial charge in [0.15, 0.2) is 6.10 Å². The molecule has 3 aromatic rings. The summed E-state index contributed by atoms with van der Waals surface area (Å²) < 4.78 is 84.6. The molecule has 2 unspecified atom stereocenters.